The highest BCUT2D eigenvalue weighted by Crippen LogP contribution is 2.21. The van der Waals surface area contributed by atoms with Crippen LogP contribution in [0.5, 0.6) is 5.75 Å². The number of anilines is 1. The van der Waals surface area contributed by atoms with E-state index < -0.39 is 5.60 Å². The van der Waals surface area contributed by atoms with Crippen LogP contribution < -0.4 is 15.8 Å². The molecule has 0 fully saturated rings. The zero-order valence-corrected chi connectivity index (χ0v) is 11.9. The molecule has 0 atom stereocenters. The third kappa shape index (κ3) is 4.79. The summed E-state index contributed by atoms with van der Waals surface area (Å²) in [6.07, 6.45) is 0.315. The van der Waals surface area contributed by atoms with Crippen LogP contribution in [-0.4, -0.2) is 25.7 Å². The molecular formula is C14H22N2O3. The molecule has 0 radical (unpaired) electrons. The first-order valence-corrected chi connectivity index (χ1v) is 6.12. The third-order valence-electron chi connectivity index (χ3n) is 2.92. The first-order valence-electron chi connectivity index (χ1n) is 6.12. The van der Waals surface area contributed by atoms with E-state index in [2.05, 4.69) is 5.32 Å². The van der Waals surface area contributed by atoms with E-state index in [0.29, 0.717) is 24.4 Å². The van der Waals surface area contributed by atoms with Crippen LogP contribution in [0, 0.1) is 0 Å². The van der Waals surface area contributed by atoms with Crippen molar-refractivity contribution in [3.05, 3.63) is 23.8 Å². The molecule has 19 heavy (non-hydrogen) atoms. The van der Waals surface area contributed by atoms with Gasteiger partial charge in [0, 0.05) is 13.7 Å². The molecule has 1 amide bonds. The molecule has 0 bridgehead atoms. The summed E-state index contributed by atoms with van der Waals surface area (Å²) in [5.74, 6) is 0.580. The van der Waals surface area contributed by atoms with Gasteiger partial charge in [-0.2, -0.15) is 0 Å². The summed E-state index contributed by atoms with van der Waals surface area (Å²) in [7, 11) is 3.16. The molecule has 0 aliphatic rings. The monoisotopic (exact) mass is 266 g/mol. The second kappa shape index (κ2) is 6.43. The van der Waals surface area contributed by atoms with E-state index in [1.54, 1.807) is 26.4 Å². The van der Waals surface area contributed by atoms with Crippen molar-refractivity contribution in [3.63, 3.8) is 0 Å². The van der Waals surface area contributed by atoms with Crippen molar-refractivity contribution in [3.8, 4) is 5.75 Å². The van der Waals surface area contributed by atoms with Gasteiger partial charge in [-0.25, -0.2) is 0 Å². The van der Waals surface area contributed by atoms with Crippen molar-refractivity contribution in [1.82, 2.24) is 5.32 Å². The summed E-state index contributed by atoms with van der Waals surface area (Å²) in [5.41, 5.74) is 6.84. The minimum Gasteiger partial charge on any atom is -0.495 e. The van der Waals surface area contributed by atoms with Gasteiger partial charge in [-0.05, 0) is 31.5 Å². The van der Waals surface area contributed by atoms with E-state index in [1.165, 1.54) is 0 Å². The summed E-state index contributed by atoms with van der Waals surface area (Å²) < 4.78 is 10.3. The number of methoxy groups -OCH3 is 2. The number of hydrogen-bond donors (Lipinski definition) is 2. The van der Waals surface area contributed by atoms with Crippen LogP contribution in [0.2, 0.25) is 0 Å². The van der Waals surface area contributed by atoms with Gasteiger partial charge < -0.3 is 20.5 Å². The second-order valence-electron chi connectivity index (χ2n) is 4.99. The predicted molar refractivity (Wildman–Crippen MR) is 75.0 cm³/mol. The number of benzene rings is 1. The normalized spacial score (nSPS) is 11.2. The lowest BCUT2D eigenvalue weighted by atomic mass is 10.0. The first-order chi connectivity index (χ1) is 8.88. The molecule has 0 aliphatic carbocycles. The Morgan fingerprint density at radius 2 is 2.05 bits per heavy atom. The predicted octanol–water partition coefficient (Wildman–Crippen LogP) is 1.71. The molecule has 0 spiro atoms. The minimum absolute atomic E-state index is 0.0544. The van der Waals surface area contributed by atoms with Crippen LogP contribution in [0.25, 0.3) is 0 Å². The lowest BCUT2D eigenvalue weighted by Gasteiger charge is -2.22. The Labute approximate surface area is 114 Å². The van der Waals surface area contributed by atoms with Gasteiger partial charge in [0.05, 0.1) is 24.8 Å². The average Bonchev–Trinajstić information content (AvgIpc) is 2.36. The molecule has 1 rings (SSSR count). The van der Waals surface area contributed by atoms with Crippen LogP contribution in [-0.2, 0) is 16.1 Å². The summed E-state index contributed by atoms with van der Waals surface area (Å²) in [4.78, 5) is 11.8. The van der Waals surface area contributed by atoms with E-state index >= 15 is 0 Å². The summed E-state index contributed by atoms with van der Waals surface area (Å²) in [6.45, 7) is 4.18. The molecule has 0 saturated carbocycles. The van der Waals surface area contributed by atoms with Gasteiger partial charge in [-0.15, -0.1) is 0 Å². The first kappa shape index (κ1) is 15.3. The molecule has 0 aliphatic heterocycles. The van der Waals surface area contributed by atoms with Crippen molar-refractivity contribution < 1.29 is 14.3 Å². The van der Waals surface area contributed by atoms with Gasteiger partial charge in [-0.1, -0.05) is 6.07 Å². The Morgan fingerprint density at radius 3 is 2.58 bits per heavy atom. The maximum Gasteiger partial charge on any atom is 0.223 e. The number of nitrogens with two attached hydrogens (primary N) is 1. The number of rotatable bonds is 6. The lowest BCUT2D eigenvalue weighted by molar-refractivity contribution is -0.126. The highest BCUT2D eigenvalue weighted by Gasteiger charge is 2.20. The Morgan fingerprint density at radius 1 is 1.37 bits per heavy atom. The van der Waals surface area contributed by atoms with E-state index in [0.717, 1.165) is 5.56 Å². The lowest BCUT2D eigenvalue weighted by Crippen LogP contribution is -2.33. The summed E-state index contributed by atoms with van der Waals surface area (Å²) in [6, 6.07) is 5.45. The highest BCUT2D eigenvalue weighted by atomic mass is 16.5. The Bertz CT molecular complexity index is 444. The topological polar surface area (TPSA) is 73.6 Å². The number of carbonyl (C=O) groups excluding carboxylic acids is 1. The van der Waals surface area contributed by atoms with Crippen LogP contribution in [0.3, 0.4) is 0 Å². The number of amides is 1. The average molecular weight is 266 g/mol. The quantitative estimate of drug-likeness (QED) is 0.769. The fourth-order valence-electron chi connectivity index (χ4n) is 1.62. The van der Waals surface area contributed by atoms with Crippen LogP contribution >= 0.6 is 0 Å². The van der Waals surface area contributed by atoms with Crippen LogP contribution in [0.1, 0.15) is 25.8 Å². The minimum atomic E-state index is -0.455. The summed E-state index contributed by atoms with van der Waals surface area (Å²) >= 11 is 0. The van der Waals surface area contributed by atoms with E-state index in [9.17, 15) is 4.79 Å². The molecular weight excluding hydrogens is 244 g/mol. The van der Waals surface area contributed by atoms with Gasteiger partial charge in [0.25, 0.3) is 0 Å². The zero-order chi connectivity index (χ0) is 14.5. The molecule has 1 aromatic rings. The van der Waals surface area contributed by atoms with Crippen molar-refractivity contribution in [2.45, 2.75) is 32.4 Å². The van der Waals surface area contributed by atoms with Crippen molar-refractivity contribution in [2.75, 3.05) is 20.0 Å². The van der Waals surface area contributed by atoms with Gasteiger partial charge in [0.1, 0.15) is 5.75 Å². The second-order valence-corrected chi connectivity index (χ2v) is 4.99. The maximum absolute atomic E-state index is 11.8. The molecule has 0 unspecified atom stereocenters. The van der Waals surface area contributed by atoms with Gasteiger partial charge in [0.15, 0.2) is 0 Å². The van der Waals surface area contributed by atoms with Crippen molar-refractivity contribution >= 4 is 11.6 Å². The number of carbonyl (C=O) groups is 1. The molecule has 0 heterocycles. The number of nitrogen functional groups attached to an aromatic ring is 1. The Balaban J connectivity index is 2.53. The van der Waals surface area contributed by atoms with E-state index in [1.807, 2.05) is 19.9 Å². The summed E-state index contributed by atoms with van der Waals surface area (Å²) in [5, 5.41) is 2.84. The molecule has 0 aromatic heterocycles. The Hall–Kier alpha value is -1.75. The number of ether oxygens (including phenoxy) is 2. The van der Waals surface area contributed by atoms with Gasteiger partial charge in [-0.3, -0.25) is 4.79 Å². The van der Waals surface area contributed by atoms with Crippen molar-refractivity contribution in [1.29, 1.82) is 0 Å². The van der Waals surface area contributed by atoms with Crippen LogP contribution in [0.4, 0.5) is 5.69 Å². The highest BCUT2D eigenvalue weighted by molar-refractivity contribution is 5.77. The largest absolute Gasteiger partial charge is 0.495 e. The molecule has 0 saturated heterocycles. The van der Waals surface area contributed by atoms with E-state index in [4.69, 9.17) is 15.2 Å². The zero-order valence-electron chi connectivity index (χ0n) is 11.9. The molecule has 1 aromatic carbocycles. The van der Waals surface area contributed by atoms with Crippen LogP contribution in [0.15, 0.2) is 18.2 Å². The SMILES string of the molecule is COc1ccc(CNC(=O)CC(C)(C)OC)cc1N. The molecule has 5 heteroatoms. The van der Waals surface area contributed by atoms with Gasteiger partial charge >= 0.3 is 0 Å². The Kier molecular flexibility index (Phi) is 5.18. The fraction of sp³-hybridized carbons (Fsp3) is 0.500. The fourth-order valence-corrected chi connectivity index (χ4v) is 1.62. The standard InChI is InChI=1S/C14H22N2O3/c1-14(2,19-4)8-13(17)16-9-10-5-6-12(18-3)11(15)7-10/h5-7H,8-9,15H2,1-4H3,(H,16,17). The maximum atomic E-state index is 11.8. The molecule has 3 N–H and O–H groups in total. The molecule has 106 valence electrons. The smallest absolute Gasteiger partial charge is 0.223 e. The number of hydrogen-bond acceptors (Lipinski definition) is 4. The number of nitrogens with one attached hydrogen (secondary N) is 1. The van der Waals surface area contributed by atoms with Crippen molar-refractivity contribution in [2.24, 2.45) is 0 Å². The third-order valence-corrected chi connectivity index (χ3v) is 2.92. The van der Waals surface area contributed by atoms with E-state index in [-0.39, 0.29) is 5.91 Å². The molecule has 5 nitrogen and oxygen atoms in total. The van der Waals surface area contributed by atoms with Gasteiger partial charge in [0.2, 0.25) is 5.91 Å².